The molecular weight excluding hydrogens is 354 g/mol. The number of ether oxygens (including phenoxy) is 1. The number of benzene rings is 1. The Kier molecular flexibility index (Phi) is 7.05. The van der Waals surface area contributed by atoms with Gasteiger partial charge in [0.2, 0.25) is 0 Å². The highest BCUT2D eigenvalue weighted by Gasteiger charge is 2.16. The van der Waals surface area contributed by atoms with Crippen molar-refractivity contribution < 1.29 is 13.9 Å². The van der Waals surface area contributed by atoms with Crippen LogP contribution < -0.4 is 15.4 Å². The van der Waals surface area contributed by atoms with Gasteiger partial charge in [-0.1, -0.05) is 44.2 Å². The number of hydrogen-bond acceptors (Lipinski definition) is 5. The SMILES string of the molecule is C=C/C(Cl)=C\C=C\c1cnc(Nc2ccc3c(c2)NC(=O)CO3)o1.CC. The number of allylic oxidation sites excluding steroid dienone is 4. The molecule has 1 aromatic carbocycles. The standard InChI is InChI=1S/C17H14ClN3O3.C2H6/c1-2-11(18)4-3-5-13-9-19-17(24-13)20-12-6-7-15-14(8-12)21-16(22)10-23-15;1-2/h2-9H,1,10H2,(H,19,20)(H,21,22);1-2H3/b5-3+,11-4+;. The molecule has 1 aliphatic heterocycles. The van der Waals surface area contributed by atoms with Gasteiger partial charge in [0.25, 0.3) is 11.9 Å². The number of hydrogen-bond donors (Lipinski definition) is 2. The number of rotatable bonds is 5. The van der Waals surface area contributed by atoms with Crippen molar-refractivity contribution in [1.29, 1.82) is 0 Å². The summed E-state index contributed by atoms with van der Waals surface area (Å²) < 4.78 is 10.8. The van der Waals surface area contributed by atoms with Gasteiger partial charge in [-0.3, -0.25) is 4.79 Å². The number of carbonyl (C=O) groups is 1. The summed E-state index contributed by atoms with van der Waals surface area (Å²) in [6.07, 6.45) is 8.27. The Morgan fingerprint density at radius 1 is 1.42 bits per heavy atom. The fourth-order valence-corrected chi connectivity index (χ4v) is 2.08. The zero-order chi connectivity index (χ0) is 18.9. The van der Waals surface area contributed by atoms with E-state index in [4.69, 9.17) is 20.8 Å². The normalized spacial score (nSPS) is 13.2. The lowest BCUT2D eigenvalue weighted by atomic mass is 10.2. The Balaban J connectivity index is 0.00000117. The van der Waals surface area contributed by atoms with Gasteiger partial charge in [-0.05, 0) is 30.4 Å². The third-order valence-electron chi connectivity index (χ3n) is 3.10. The maximum absolute atomic E-state index is 11.4. The van der Waals surface area contributed by atoms with Gasteiger partial charge in [0.05, 0.1) is 11.9 Å². The summed E-state index contributed by atoms with van der Waals surface area (Å²) in [6.45, 7) is 7.58. The van der Waals surface area contributed by atoms with E-state index in [-0.39, 0.29) is 12.5 Å². The second-order valence-corrected chi connectivity index (χ2v) is 5.29. The first-order valence-corrected chi connectivity index (χ1v) is 8.48. The number of aromatic nitrogens is 1. The Labute approximate surface area is 157 Å². The van der Waals surface area contributed by atoms with E-state index >= 15 is 0 Å². The third kappa shape index (κ3) is 5.26. The Hall–Kier alpha value is -2.99. The molecule has 3 rings (SSSR count). The number of carbonyl (C=O) groups excluding carboxylic acids is 1. The first kappa shape index (κ1) is 19.3. The summed E-state index contributed by atoms with van der Waals surface area (Å²) >= 11 is 5.81. The van der Waals surface area contributed by atoms with Gasteiger partial charge in [-0.25, -0.2) is 4.98 Å². The fourth-order valence-electron chi connectivity index (χ4n) is 2.01. The number of nitrogens with zero attached hydrogens (tertiary/aromatic N) is 1. The minimum atomic E-state index is -0.186. The van der Waals surface area contributed by atoms with Gasteiger partial charge in [0.15, 0.2) is 6.61 Å². The summed E-state index contributed by atoms with van der Waals surface area (Å²) in [5.41, 5.74) is 1.32. The highest BCUT2D eigenvalue weighted by molar-refractivity contribution is 6.31. The summed E-state index contributed by atoms with van der Waals surface area (Å²) in [6, 6.07) is 5.65. The van der Waals surface area contributed by atoms with E-state index in [0.29, 0.717) is 33.9 Å². The molecule has 0 aliphatic carbocycles. The van der Waals surface area contributed by atoms with Crippen LogP contribution in [0.1, 0.15) is 19.6 Å². The van der Waals surface area contributed by atoms with Gasteiger partial charge in [-0.2, -0.15) is 0 Å². The molecule has 0 fully saturated rings. The molecular formula is C19H20ClN3O3. The lowest BCUT2D eigenvalue weighted by Crippen LogP contribution is -2.25. The molecule has 1 aromatic heterocycles. The van der Waals surface area contributed by atoms with Gasteiger partial charge in [-0.15, -0.1) is 0 Å². The molecule has 0 bridgehead atoms. The van der Waals surface area contributed by atoms with E-state index in [0.717, 1.165) is 0 Å². The molecule has 0 saturated heterocycles. The van der Waals surface area contributed by atoms with Crippen molar-refractivity contribution in [3.05, 3.63) is 60.0 Å². The van der Waals surface area contributed by atoms with Gasteiger partial charge < -0.3 is 19.8 Å². The van der Waals surface area contributed by atoms with Crippen LogP contribution in [0, 0.1) is 0 Å². The Bertz CT molecular complexity index is 840. The molecule has 2 N–H and O–H groups in total. The van der Waals surface area contributed by atoms with Crippen LogP contribution in [0.5, 0.6) is 5.75 Å². The maximum Gasteiger partial charge on any atom is 0.299 e. The summed E-state index contributed by atoms with van der Waals surface area (Å²) in [4.78, 5) is 15.5. The van der Waals surface area contributed by atoms with Gasteiger partial charge in [0.1, 0.15) is 11.5 Å². The molecule has 0 spiro atoms. The molecule has 136 valence electrons. The average Bonchev–Trinajstić information content (AvgIpc) is 3.10. The number of fused-ring (bicyclic) bond motifs is 1. The molecule has 2 heterocycles. The van der Waals surface area contributed by atoms with Gasteiger partial charge >= 0.3 is 0 Å². The van der Waals surface area contributed by atoms with Crippen LogP contribution in [-0.2, 0) is 4.79 Å². The van der Waals surface area contributed by atoms with Crippen LogP contribution in [0.15, 0.2) is 58.7 Å². The van der Waals surface area contributed by atoms with E-state index in [9.17, 15) is 4.79 Å². The lowest BCUT2D eigenvalue weighted by molar-refractivity contribution is -0.118. The molecule has 0 radical (unpaired) electrons. The van der Waals surface area contributed by atoms with E-state index in [1.165, 1.54) is 6.08 Å². The molecule has 2 aromatic rings. The fraction of sp³-hybridized carbons (Fsp3) is 0.158. The largest absolute Gasteiger partial charge is 0.482 e. The number of nitrogens with one attached hydrogen (secondary N) is 2. The van der Waals surface area contributed by atoms with Crippen molar-refractivity contribution in [2.24, 2.45) is 0 Å². The number of amides is 1. The average molecular weight is 374 g/mol. The lowest BCUT2D eigenvalue weighted by Gasteiger charge is -2.18. The first-order chi connectivity index (χ1) is 12.6. The van der Waals surface area contributed by atoms with Crippen molar-refractivity contribution in [3.8, 4) is 5.75 Å². The van der Waals surface area contributed by atoms with Crippen molar-refractivity contribution in [3.63, 3.8) is 0 Å². The van der Waals surface area contributed by atoms with Crippen LogP contribution >= 0.6 is 11.6 Å². The van der Waals surface area contributed by atoms with E-state index in [1.54, 1.807) is 36.6 Å². The zero-order valence-corrected chi connectivity index (χ0v) is 15.3. The highest BCUT2D eigenvalue weighted by atomic mass is 35.5. The molecule has 0 atom stereocenters. The Morgan fingerprint density at radius 2 is 2.23 bits per heavy atom. The second kappa shape index (κ2) is 9.48. The molecule has 1 amide bonds. The molecule has 7 heteroatoms. The molecule has 26 heavy (non-hydrogen) atoms. The first-order valence-electron chi connectivity index (χ1n) is 8.10. The van der Waals surface area contributed by atoms with Crippen LogP contribution in [0.3, 0.4) is 0 Å². The molecule has 6 nitrogen and oxygen atoms in total. The van der Waals surface area contributed by atoms with Crippen molar-refractivity contribution in [2.75, 3.05) is 17.2 Å². The van der Waals surface area contributed by atoms with Crippen LogP contribution in [0.2, 0.25) is 0 Å². The minimum absolute atomic E-state index is 0.0273. The summed E-state index contributed by atoms with van der Waals surface area (Å²) in [7, 11) is 0. The summed E-state index contributed by atoms with van der Waals surface area (Å²) in [5.74, 6) is 1.01. The molecule has 0 unspecified atom stereocenters. The Morgan fingerprint density at radius 3 is 3.00 bits per heavy atom. The smallest absolute Gasteiger partial charge is 0.299 e. The van der Waals surface area contributed by atoms with Crippen molar-refractivity contribution in [2.45, 2.75) is 13.8 Å². The predicted octanol–water partition coefficient (Wildman–Crippen LogP) is 5.10. The maximum atomic E-state index is 11.4. The van der Waals surface area contributed by atoms with E-state index in [1.807, 2.05) is 19.9 Å². The monoisotopic (exact) mass is 373 g/mol. The van der Waals surface area contributed by atoms with Crippen LogP contribution in [-0.4, -0.2) is 17.5 Å². The van der Waals surface area contributed by atoms with E-state index in [2.05, 4.69) is 22.2 Å². The second-order valence-electron chi connectivity index (χ2n) is 4.86. The topological polar surface area (TPSA) is 76.4 Å². The predicted molar refractivity (Wildman–Crippen MR) is 105 cm³/mol. The van der Waals surface area contributed by atoms with Crippen molar-refractivity contribution >= 4 is 41.0 Å². The zero-order valence-electron chi connectivity index (χ0n) is 14.6. The van der Waals surface area contributed by atoms with Crippen LogP contribution in [0.25, 0.3) is 6.08 Å². The highest BCUT2D eigenvalue weighted by Crippen LogP contribution is 2.31. The van der Waals surface area contributed by atoms with E-state index < -0.39 is 0 Å². The summed E-state index contributed by atoms with van der Waals surface area (Å²) in [5, 5.41) is 6.30. The van der Waals surface area contributed by atoms with Crippen molar-refractivity contribution in [1.82, 2.24) is 4.98 Å². The molecule has 0 saturated carbocycles. The quantitative estimate of drug-likeness (QED) is 0.713. The van der Waals surface area contributed by atoms with Gasteiger partial charge in [0, 0.05) is 10.7 Å². The number of anilines is 3. The number of halogens is 1. The van der Waals surface area contributed by atoms with Crippen LogP contribution in [0.4, 0.5) is 17.4 Å². The third-order valence-corrected chi connectivity index (χ3v) is 3.38. The minimum Gasteiger partial charge on any atom is -0.482 e. The number of oxazole rings is 1. The molecule has 1 aliphatic rings.